The molecule has 0 unspecified atom stereocenters. The van der Waals surface area contributed by atoms with Crippen LogP contribution in [0.3, 0.4) is 0 Å². The first-order chi connectivity index (χ1) is 8.25. The normalized spacial score (nSPS) is 17.5. The van der Waals surface area contributed by atoms with Crippen LogP contribution in [0.1, 0.15) is 18.4 Å². The van der Waals surface area contributed by atoms with Crippen molar-refractivity contribution in [2.24, 2.45) is 5.92 Å². The van der Waals surface area contributed by atoms with E-state index < -0.39 is 0 Å². The molecule has 1 aromatic rings. The molecule has 0 saturated carbocycles. The number of halogens is 1. The van der Waals surface area contributed by atoms with E-state index in [2.05, 4.69) is 15.9 Å². The minimum absolute atomic E-state index is 0.149. The van der Waals surface area contributed by atoms with E-state index in [9.17, 15) is 4.79 Å². The van der Waals surface area contributed by atoms with Crippen molar-refractivity contribution in [3.05, 3.63) is 40.4 Å². The summed E-state index contributed by atoms with van der Waals surface area (Å²) in [5, 5.41) is 0. The van der Waals surface area contributed by atoms with E-state index in [4.69, 9.17) is 4.74 Å². The Morgan fingerprint density at radius 2 is 1.88 bits per heavy atom. The van der Waals surface area contributed by atoms with E-state index in [0.717, 1.165) is 22.9 Å². The van der Waals surface area contributed by atoms with Gasteiger partial charge in [0.2, 0.25) is 0 Å². The van der Waals surface area contributed by atoms with Gasteiger partial charge in [0.05, 0.1) is 0 Å². The van der Waals surface area contributed by atoms with Crippen LogP contribution < -0.4 is 0 Å². The second-order valence-electron chi connectivity index (χ2n) is 4.17. The van der Waals surface area contributed by atoms with Crippen LogP contribution in [0, 0.1) is 5.92 Å². The predicted octanol–water partition coefficient (Wildman–Crippen LogP) is 3.46. The number of carbonyl (C=O) groups excluding carboxylic acids is 1. The molecule has 0 radical (unpaired) electrons. The molecule has 1 saturated heterocycles. The molecule has 0 atom stereocenters. The Morgan fingerprint density at radius 3 is 2.53 bits per heavy atom. The smallest absolute Gasteiger partial charge is 0.158 e. The Bertz CT molecular complexity index is 403. The van der Waals surface area contributed by atoms with Crippen LogP contribution in [-0.4, -0.2) is 19.0 Å². The summed E-state index contributed by atoms with van der Waals surface area (Å²) in [5.74, 6) is 0.367. The monoisotopic (exact) mass is 294 g/mol. The highest BCUT2D eigenvalue weighted by molar-refractivity contribution is 9.10. The maximum Gasteiger partial charge on any atom is 0.158 e. The molecule has 17 heavy (non-hydrogen) atoms. The van der Waals surface area contributed by atoms with Crippen molar-refractivity contribution in [2.75, 3.05) is 13.2 Å². The summed E-state index contributed by atoms with van der Waals surface area (Å²) in [6, 6.07) is 7.91. The molecule has 0 aliphatic carbocycles. The summed E-state index contributed by atoms with van der Waals surface area (Å²) in [6.45, 7) is 1.42. The number of ether oxygens (including phenoxy) is 1. The fourth-order valence-electron chi connectivity index (χ4n) is 1.87. The van der Waals surface area contributed by atoms with Crippen LogP contribution in [0.15, 0.2) is 34.8 Å². The van der Waals surface area contributed by atoms with Gasteiger partial charge in [-0.1, -0.05) is 34.1 Å². The number of hydrogen-bond acceptors (Lipinski definition) is 2. The highest BCUT2D eigenvalue weighted by atomic mass is 79.9. The third kappa shape index (κ3) is 3.79. The zero-order valence-corrected chi connectivity index (χ0v) is 11.2. The molecule has 0 amide bonds. The predicted molar refractivity (Wildman–Crippen MR) is 71.7 cm³/mol. The van der Waals surface area contributed by atoms with E-state index in [-0.39, 0.29) is 11.7 Å². The summed E-state index contributed by atoms with van der Waals surface area (Å²) in [5.41, 5.74) is 1.05. The highest BCUT2D eigenvalue weighted by Crippen LogP contribution is 2.17. The zero-order valence-electron chi connectivity index (χ0n) is 9.56. The number of benzene rings is 1. The fourth-order valence-corrected chi connectivity index (χ4v) is 2.13. The topological polar surface area (TPSA) is 26.3 Å². The van der Waals surface area contributed by atoms with Crippen molar-refractivity contribution in [3.8, 4) is 0 Å². The molecule has 2 rings (SSSR count). The molecule has 1 fully saturated rings. The van der Waals surface area contributed by atoms with Gasteiger partial charge < -0.3 is 4.74 Å². The number of ketones is 1. The first-order valence-electron chi connectivity index (χ1n) is 5.81. The van der Waals surface area contributed by atoms with Gasteiger partial charge in [-0.05, 0) is 36.6 Å². The second kappa shape index (κ2) is 6.12. The molecule has 0 bridgehead atoms. The average Bonchev–Trinajstić information content (AvgIpc) is 2.39. The van der Waals surface area contributed by atoms with Crippen LogP contribution >= 0.6 is 15.9 Å². The first kappa shape index (κ1) is 12.5. The lowest BCUT2D eigenvalue weighted by atomic mass is 9.95. The third-order valence-corrected chi connectivity index (χ3v) is 3.46. The van der Waals surface area contributed by atoms with Gasteiger partial charge in [-0.3, -0.25) is 4.79 Å². The summed E-state index contributed by atoms with van der Waals surface area (Å²) in [7, 11) is 0. The van der Waals surface area contributed by atoms with E-state index >= 15 is 0 Å². The molecule has 1 aliphatic heterocycles. The molecular weight excluding hydrogens is 280 g/mol. The lowest BCUT2D eigenvalue weighted by molar-refractivity contribution is -0.120. The third-order valence-electron chi connectivity index (χ3n) is 2.93. The molecule has 3 heteroatoms. The Labute approximate surface area is 110 Å². The minimum atomic E-state index is 0.149. The summed E-state index contributed by atoms with van der Waals surface area (Å²) in [6.07, 6.45) is 5.27. The summed E-state index contributed by atoms with van der Waals surface area (Å²) in [4.78, 5) is 11.9. The van der Waals surface area contributed by atoms with E-state index in [1.807, 2.05) is 30.3 Å². The van der Waals surface area contributed by atoms with Gasteiger partial charge in [-0.15, -0.1) is 0 Å². The van der Waals surface area contributed by atoms with E-state index in [1.165, 1.54) is 0 Å². The zero-order chi connectivity index (χ0) is 12.1. The van der Waals surface area contributed by atoms with Crippen molar-refractivity contribution < 1.29 is 9.53 Å². The van der Waals surface area contributed by atoms with Gasteiger partial charge in [0.25, 0.3) is 0 Å². The van der Waals surface area contributed by atoms with Gasteiger partial charge in [0, 0.05) is 23.6 Å². The van der Waals surface area contributed by atoms with Crippen LogP contribution in [0.25, 0.3) is 6.08 Å². The molecule has 0 N–H and O–H groups in total. The molecule has 0 spiro atoms. The van der Waals surface area contributed by atoms with E-state index in [1.54, 1.807) is 6.08 Å². The van der Waals surface area contributed by atoms with Crippen molar-refractivity contribution in [1.29, 1.82) is 0 Å². The average molecular weight is 295 g/mol. The van der Waals surface area contributed by atoms with Crippen molar-refractivity contribution in [2.45, 2.75) is 12.8 Å². The molecule has 1 heterocycles. The Kier molecular flexibility index (Phi) is 4.51. The number of carbonyl (C=O) groups is 1. The highest BCUT2D eigenvalue weighted by Gasteiger charge is 2.18. The number of allylic oxidation sites excluding steroid dienone is 1. The standard InChI is InChI=1S/C14H15BrO2/c15-13-4-1-11(2-5-13)3-6-14(16)12-7-9-17-10-8-12/h1-6,12H,7-10H2/b6-3+. The Hall–Kier alpha value is -0.930. The first-order valence-corrected chi connectivity index (χ1v) is 6.60. The molecular formula is C14H15BrO2. The lowest BCUT2D eigenvalue weighted by Gasteiger charge is -2.19. The van der Waals surface area contributed by atoms with Gasteiger partial charge in [-0.2, -0.15) is 0 Å². The van der Waals surface area contributed by atoms with Crippen LogP contribution in [0.2, 0.25) is 0 Å². The van der Waals surface area contributed by atoms with Gasteiger partial charge in [-0.25, -0.2) is 0 Å². The van der Waals surface area contributed by atoms with Crippen LogP contribution in [-0.2, 0) is 9.53 Å². The maximum absolute atomic E-state index is 11.9. The molecule has 0 aromatic heterocycles. The Morgan fingerprint density at radius 1 is 1.24 bits per heavy atom. The maximum atomic E-state index is 11.9. The fraction of sp³-hybridized carbons (Fsp3) is 0.357. The van der Waals surface area contributed by atoms with Gasteiger partial charge in [0.15, 0.2) is 5.78 Å². The number of rotatable bonds is 3. The second-order valence-corrected chi connectivity index (χ2v) is 5.09. The lowest BCUT2D eigenvalue weighted by Crippen LogP contribution is -2.21. The van der Waals surface area contributed by atoms with Crippen LogP contribution in [0.4, 0.5) is 0 Å². The van der Waals surface area contributed by atoms with Crippen molar-refractivity contribution in [1.82, 2.24) is 0 Å². The summed E-state index contributed by atoms with van der Waals surface area (Å²) >= 11 is 3.38. The molecule has 90 valence electrons. The summed E-state index contributed by atoms with van der Waals surface area (Å²) < 4.78 is 6.29. The SMILES string of the molecule is O=C(/C=C/c1ccc(Br)cc1)C1CCOCC1. The minimum Gasteiger partial charge on any atom is -0.381 e. The van der Waals surface area contributed by atoms with Gasteiger partial charge in [0.1, 0.15) is 0 Å². The van der Waals surface area contributed by atoms with E-state index in [0.29, 0.717) is 13.2 Å². The Balaban J connectivity index is 1.95. The number of hydrogen-bond donors (Lipinski definition) is 0. The van der Waals surface area contributed by atoms with Gasteiger partial charge >= 0.3 is 0 Å². The van der Waals surface area contributed by atoms with Crippen LogP contribution in [0.5, 0.6) is 0 Å². The molecule has 1 aromatic carbocycles. The molecule has 2 nitrogen and oxygen atoms in total. The largest absolute Gasteiger partial charge is 0.381 e. The molecule has 1 aliphatic rings. The van der Waals surface area contributed by atoms with Crippen molar-refractivity contribution in [3.63, 3.8) is 0 Å². The quantitative estimate of drug-likeness (QED) is 0.798. The van der Waals surface area contributed by atoms with Crippen molar-refractivity contribution >= 4 is 27.8 Å².